The lowest BCUT2D eigenvalue weighted by Gasteiger charge is -2.26. The minimum absolute atomic E-state index is 0.237. The van der Waals surface area contributed by atoms with Crippen LogP contribution in [-0.4, -0.2) is 6.61 Å². The molecule has 3 heteroatoms. The molecule has 3 N–H and O–H groups in total. The molecular weight excluding hydrogens is 236 g/mol. The van der Waals surface area contributed by atoms with Gasteiger partial charge in [-0.15, -0.1) is 0 Å². The van der Waals surface area contributed by atoms with Gasteiger partial charge in [-0.1, -0.05) is 25.1 Å². The van der Waals surface area contributed by atoms with Gasteiger partial charge < -0.3 is 4.74 Å². The lowest BCUT2D eigenvalue weighted by molar-refractivity contribution is 0.293. The highest BCUT2D eigenvalue weighted by Crippen LogP contribution is 2.57. The molecule has 19 heavy (non-hydrogen) atoms. The van der Waals surface area contributed by atoms with Crippen LogP contribution >= 0.6 is 0 Å². The van der Waals surface area contributed by atoms with Crippen LogP contribution in [0.1, 0.15) is 44.2 Å². The zero-order valence-electron chi connectivity index (χ0n) is 11.6. The van der Waals surface area contributed by atoms with Gasteiger partial charge >= 0.3 is 0 Å². The predicted molar refractivity (Wildman–Crippen MR) is 76.6 cm³/mol. The summed E-state index contributed by atoms with van der Waals surface area (Å²) in [6.45, 7) is 2.90. The number of hydrogen-bond donors (Lipinski definition) is 2. The van der Waals surface area contributed by atoms with Gasteiger partial charge in [-0.3, -0.25) is 11.3 Å². The number of para-hydroxylation sites is 1. The summed E-state index contributed by atoms with van der Waals surface area (Å²) in [4.78, 5) is 0. The lowest BCUT2D eigenvalue weighted by atomic mass is 9.89. The van der Waals surface area contributed by atoms with E-state index in [-0.39, 0.29) is 6.04 Å². The van der Waals surface area contributed by atoms with Gasteiger partial charge in [0.05, 0.1) is 12.6 Å². The Kier molecular flexibility index (Phi) is 3.76. The van der Waals surface area contributed by atoms with E-state index in [1.165, 1.54) is 24.8 Å². The number of ether oxygens (including phenoxy) is 1. The van der Waals surface area contributed by atoms with Gasteiger partial charge in [-0.2, -0.15) is 0 Å². The van der Waals surface area contributed by atoms with Crippen LogP contribution < -0.4 is 16.0 Å². The third-order valence-corrected chi connectivity index (χ3v) is 4.65. The SMILES string of the molecule is CCCOc1ccccc1C(NN)C1CC2CC2C1. The molecule has 0 amide bonds. The summed E-state index contributed by atoms with van der Waals surface area (Å²) in [5.41, 5.74) is 4.26. The summed E-state index contributed by atoms with van der Waals surface area (Å²) in [7, 11) is 0. The Labute approximate surface area is 115 Å². The molecule has 3 nitrogen and oxygen atoms in total. The fraction of sp³-hybridized carbons (Fsp3) is 0.625. The van der Waals surface area contributed by atoms with Gasteiger partial charge in [-0.05, 0) is 49.5 Å². The second-order valence-corrected chi connectivity index (χ2v) is 6.02. The van der Waals surface area contributed by atoms with E-state index < -0.39 is 0 Å². The molecule has 0 saturated heterocycles. The molecular formula is C16H24N2O. The van der Waals surface area contributed by atoms with Gasteiger partial charge in [0.2, 0.25) is 0 Å². The van der Waals surface area contributed by atoms with Crippen LogP contribution in [0.2, 0.25) is 0 Å². The van der Waals surface area contributed by atoms with E-state index in [2.05, 4.69) is 30.5 Å². The molecule has 2 saturated carbocycles. The standard InChI is InChI=1S/C16H24N2O/c1-2-7-19-15-6-4-3-5-14(15)16(18-17)13-9-11-8-12(11)10-13/h3-6,11-13,16,18H,2,7-10,17H2,1H3. The van der Waals surface area contributed by atoms with Crippen LogP contribution in [0.4, 0.5) is 0 Å². The Hall–Kier alpha value is -1.06. The Morgan fingerprint density at radius 1 is 1.26 bits per heavy atom. The van der Waals surface area contributed by atoms with Crippen molar-refractivity contribution in [3.63, 3.8) is 0 Å². The lowest BCUT2D eigenvalue weighted by Crippen LogP contribution is -2.33. The molecule has 0 heterocycles. The van der Waals surface area contributed by atoms with Crippen LogP contribution in [-0.2, 0) is 0 Å². The highest BCUT2D eigenvalue weighted by Gasteiger charge is 2.48. The van der Waals surface area contributed by atoms with Crippen molar-refractivity contribution in [1.29, 1.82) is 0 Å². The molecule has 1 aromatic rings. The van der Waals surface area contributed by atoms with Gasteiger partial charge in [0.25, 0.3) is 0 Å². The van der Waals surface area contributed by atoms with E-state index in [1.54, 1.807) is 0 Å². The average Bonchev–Trinajstić information content (AvgIpc) is 3.05. The second kappa shape index (κ2) is 5.51. The summed E-state index contributed by atoms with van der Waals surface area (Å²) in [6, 6.07) is 8.56. The highest BCUT2D eigenvalue weighted by atomic mass is 16.5. The molecule has 2 aliphatic rings. The number of fused-ring (bicyclic) bond motifs is 1. The number of rotatable bonds is 6. The smallest absolute Gasteiger partial charge is 0.124 e. The molecule has 2 fully saturated rings. The highest BCUT2D eigenvalue weighted by molar-refractivity contribution is 5.36. The minimum atomic E-state index is 0.237. The van der Waals surface area contributed by atoms with Gasteiger partial charge in [-0.25, -0.2) is 0 Å². The first-order chi connectivity index (χ1) is 9.33. The van der Waals surface area contributed by atoms with Crippen LogP contribution in [0.5, 0.6) is 5.75 Å². The van der Waals surface area contributed by atoms with Crippen LogP contribution in [0.3, 0.4) is 0 Å². The Balaban J connectivity index is 1.77. The summed E-state index contributed by atoms with van der Waals surface area (Å²) < 4.78 is 5.87. The Morgan fingerprint density at radius 3 is 2.68 bits per heavy atom. The van der Waals surface area contributed by atoms with Crippen LogP contribution in [0, 0.1) is 17.8 Å². The third kappa shape index (κ3) is 2.63. The monoisotopic (exact) mass is 260 g/mol. The summed E-state index contributed by atoms with van der Waals surface area (Å²) in [5.74, 6) is 9.45. The summed E-state index contributed by atoms with van der Waals surface area (Å²) in [6.07, 6.45) is 5.12. The molecule has 2 aliphatic carbocycles. The van der Waals surface area contributed by atoms with E-state index >= 15 is 0 Å². The topological polar surface area (TPSA) is 47.3 Å². The molecule has 104 valence electrons. The Bertz CT molecular complexity index is 425. The van der Waals surface area contributed by atoms with Crippen molar-refractivity contribution in [2.75, 3.05) is 6.61 Å². The molecule has 3 atom stereocenters. The van der Waals surface area contributed by atoms with E-state index in [4.69, 9.17) is 10.6 Å². The van der Waals surface area contributed by atoms with E-state index in [0.717, 1.165) is 30.6 Å². The second-order valence-electron chi connectivity index (χ2n) is 6.02. The third-order valence-electron chi connectivity index (χ3n) is 4.65. The van der Waals surface area contributed by atoms with E-state index in [0.29, 0.717) is 5.92 Å². The normalized spacial score (nSPS) is 29.9. The number of hydrazine groups is 1. The first kappa shape index (κ1) is 12.9. The van der Waals surface area contributed by atoms with Crippen molar-refractivity contribution >= 4 is 0 Å². The van der Waals surface area contributed by atoms with Gasteiger partial charge in [0.1, 0.15) is 5.75 Å². The molecule has 0 radical (unpaired) electrons. The molecule has 3 unspecified atom stereocenters. The Morgan fingerprint density at radius 2 is 2.00 bits per heavy atom. The van der Waals surface area contributed by atoms with Crippen molar-refractivity contribution in [3.8, 4) is 5.75 Å². The molecule has 1 aromatic carbocycles. The van der Waals surface area contributed by atoms with Gasteiger partial charge in [0.15, 0.2) is 0 Å². The number of hydrogen-bond acceptors (Lipinski definition) is 3. The molecule has 0 spiro atoms. The maximum Gasteiger partial charge on any atom is 0.124 e. The predicted octanol–water partition coefficient (Wildman–Crippen LogP) is 3.03. The molecule has 0 aromatic heterocycles. The van der Waals surface area contributed by atoms with Crippen molar-refractivity contribution in [3.05, 3.63) is 29.8 Å². The van der Waals surface area contributed by atoms with Crippen LogP contribution in [0.25, 0.3) is 0 Å². The van der Waals surface area contributed by atoms with Crippen molar-refractivity contribution < 1.29 is 4.74 Å². The zero-order chi connectivity index (χ0) is 13.2. The fourth-order valence-electron chi connectivity index (χ4n) is 3.59. The minimum Gasteiger partial charge on any atom is -0.493 e. The van der Waals surface area contributed by atoms with Crippen molar-refractivity contribution in [1.82, 2.24) is 5.43 Å². The number of nitrogens with two attached hydrogens (primary N) is 1. The molecule has 0 bridgehead atoms. The zero-order valence-corrected chi connectivity index (χ0v) is 11.6. The first-order valence-corrected chi connectivity index (χ1v) is 7.51. The van der Waals surface area contributed by atoms with Gasteiger partial charge in [0, 0.05) is 5.56 Å². The average molecular weight is 260 g/mol. The summed E-state index contributed by atoms with van der Waals surface area (Å²) in [5, 5.41) is 0. The van der Waals surface area contributed by atoms with E-state index in [1.807, 2.05) is 6.07 Å². The fourth-order valence-corrected chi connectivity index (χ4v) is 3.59. The maximum absolute atomic E-state index is 5.87. The molecule has 0 aliphatic heterocycles. The quantitative estimate of drug-likeness (QED) is 0.610. The van der Waals surface area contributed by atoms with Crippen molar-refractivity contribution in [2.45, 2.75) is 38.6 Å². The van der Waals surface area contributed by atoms with Crippen molar-refractivity contribution in [2.24, 2.45) is 23.6 Å². The van der Waals surface area contributed by atoms with Crippen LogP contribution in [0.15, 0.2) is 24.3 Å². The number of benzene rings is 1. The number of nitrogens with one attached hydrogen (secondary N) is 1. The maximum atomic E-state index is 5.87. The van der Waals surface area contributed by atoms with E-state index in [9.17, 15) is 0 Å². The first-order valence-electron chi connectivity index (χ1n) is 7.51. The summed E-state index contributed by atoms with van der Waals surface area (Å²) >= 11 is 0. The largest absolute Gasteiger partial charge is 0.493 e. The molecule has 3 rings (SSSR count).